The van der Waals surface area contributed by atoms with Gasteiger partial charge in [0.15, 0.2) is 0 Å². The van der Waals surface area contributed by atoms with Crippen LogP contribution < -0.4 is 10.3 Å². The quantitative estimate of drug-likeness (QED) is 0.706. The molecule has 0 aliphatic heterocycles. The molecular formula is C19H12BrFN2O2. The van der Waals surface area contributed by atoms with E-state index in [1.54, 1.807) is 49.6 Å². The van der Waals surface area contributed by atoms with Crippen molar-refractivity contribution in [3.05, 3.63) is 74.7 Å². The predicted molar refractivity (Wildman–Crippen MR) is 96.9 cm³/mol. The highest BCUT2D eigenvalue weighted by molar-refractivity contribution is 9.10. The van der Waals surface area contributed by atoms with Crippen LogP contribution in [0.25, 0.3) is 22.4 Å². The summed E-state index contributed by atoms with van der Waals surface area (Å²) in [4.78, 5) is 15.0. The Morgan fingerprint density at radius 3 is 2.64 bits per heavy atom. The first-order valence-electron chi connectivity index (χ1n) is 7.31. The van der Waals surface area contributed by atoms with Crippen LogP contribution in [0.5, 0.6) is 5.75 Å². The normalized spacial score (nSPS) is 10.3. The highest BCUT2D eigenvalue weighted by Crippen LogP contribution is 2.31. The van der Waals surface area contributed by atoms with Gasteiger partial charge in [0.25, 0.3) is 5.56 Å². The van der Waals surface area contributed by atoms with Gasteiger partial charge in [-0.25, -0.2) is 4.39 Å². The van der Waals surface area contributed by atoms with Gasteiger partial charge < -0.3 is 9.72 Å². The lowest BCUT2D eigenvalue weighted by atomic mass is 9.98. The zero-order valence-corrected chi connectivity index (χ0v) is 14.7. The Kier molecular flexibility index (Phi) is 4.68. The van der Waals surface area contributed by atoms with Crippen LogP contribution in [0.1, 0.15) is 5.56 Å². The molecule has 0 bridgehead atoms. The van der Waals surface area contributed by atoms with E-state index in [0.29, 0.717) is 17.0 Å². The number of hydrogen-bond donors (Lipinski definition) is 1. The molecule has 0 aliphatic carbocycles. The van der Waals surface area contributed by atoms with Crippen molar-refractivity contribution >= 4 is 15.9 Å². The third kappa shape index (κ3) is 3.19. The monoisotopic (exact) mass is 398 g/mol. The fourth-order valence-electron chi connectivity index (χ4n) is 2.54. The van der Waals surface area contributed by atoms with Gasteiger partial charge in [-0.1, -0.05) is 24.3 Å². The van der Waals surface area contributed by atoms with Gasteiger partial charge in [0.05, 0.1) is 11.6 Å². The van der Waals surface area contributed by atoms with Crippen LogP contribution in [-0.2, 0) is 0 Å². The average molecular weight is 399 g/mol. The molecule has 1 heterocycles. The van der Waals surface area contributed by atoms with Crippen molar-refractivity contribution in [2.45, 2.75) is 0 Å². The van der Waals surface area contributed by atoms with E-state index in [2.05, 4.69) is 20.9 Å². The molecule has 0 aliphatic rings. The Labute approximate surface area is 151 Å². The molecule has 6 heteroatoms. The standard InChI is InChI=1S/C19H12BrFN2O2/c1-25-12-5-2-4-11(8-12)17-9-14(15(10-22)19(24)23-17)13-6-3-7-16(20)18(13)21/h2-9H,1H3,(H,23,24). The maximum atomic E-state index is 14.5. The Hall–Kier alpha value is -2.91. The number of benzene rings is 2. The van der Waals surface area contributed by atoms with Gasteiger partial charge in [-0.2, -0.15) is 5.26 Å². The van der Waals surface area contributed by atoms with Crippen molar-refractivity contribution in [1.29, 1.82) is 5.26 Å². The van der Waals surface area contributed by atoms with E-state index in [1.807, 2.05) is 6.07 Å². The third-order valence-corrected chi connectivity index (χ3v) is 4.38. The van der Waals surface area contributed by atoms with Crippen LogP contribution in [0, 0.1) is 17.1 Å². The van der Waals surface area contributed by atoms with E-state index < -0.39 is 11.4 Å². The Bertz CT molecular complexity index is 1050. The minimum absolute atomic E-state index is 0.136. The van der Waals surface area contributed by atoms with Crippen LogP contribution in [0.15, 0.2) is 57.8 Å². The third-order valence-electron chi connectivity index (χ3n) is 3.77. The molecule has 3 aromatic rings. The Balaban J connectivity index is 2.28. The lowest BCUT2D eigenvalue weighted by Gasteiger charge is -2.10. The summed E-state index contributed by atoms with van der Waals surface area (Å²) in [5.74, 6) is 0.0964. The molecule has 0 atom stereocenters. The lowest BCUT2D eigenvalue weighted by Crippen LogP contribution is -2.13. The molecule has 0 unspecified atom stereocenters. The number of halogens is 2. The van der Waals surface area contributed by atoms with Crippen molar-refractivity contribution in [1.82, 2.24) is 4.98 Å². The number of aromatic amines is 1. The molecule has 0 spiro atoms. The van der Waals surface area contributed by atoms with Gasteiger partial charge >= 0.3 is 0 Å². The largest absolute Gasteiger partial charge is 0.497 e. The predicted octanol–water partition coefficient (Wildman–Crippen LogP) is 4.49. The topological polar surface area (TPSA) is 65.9 Å². The zero-order valence-electron chi connectivity index (χ0n) is 13.1. The number of ether oxygens (including phenoxy) is 1. The first-order chi connectivity index (χ1) is 12.0. The van der Waals surface area contributed by atoms with Gasteiger partial charge in [-0.3, -0.25) is 4.79 Å². The molecule has 1 N–H and O–H groups in total. The number of aromatic nitrogens is 1. The van der Waals surface area contributed by atoms with Crippen LogP contribution in [0.2, 0.25) is 0 Å². The summed E-state index contributed by atoms with van der Waals surface area (Å²) in [6.45, 7) is 0. The molecule has 0 radical (unpaired) electrons. The number of nitriles is 1. The fraction of sp³-hybridized carbons (Fsp3) is 0.0526. The van der Waals surface area contributed by atoms with Crippen molar-refractivity contribution in [3.63, 3.8) is 0 Å². The molecule has 25 heavy (non-hydrogen) atoms. The molecule has 124 valence electrons. The summed E-state index contributed by atoms with van der Waals surface area (Å²) < 4.78 is 20.0. The zero-order chi connectivity index (χ0) is 18.0. The van der Waals surface area contributed by atoms with Crippen molar-refractivity contribution in [2.75, 3.05) is 7.11 Å². The number of rotatable bonds is 3. The van der Waals surface area contributed by atoms with Crippen molar-refractivity contribution in [2.24, 2.45) is 0 Å². The molecule has 4 nitrogen and oxygen atoms in total. The molecule has 0 saturated carbocycles. The summed E-state index contributed by atoms with van der Waals surface area (Å²) in [5.41, 5.74) is 0.875. The van der Waals surface area contributed by atoms with Crippen LogP contribution in [0.4, 0.5) is 4.39 Å². The minimum atomic E-state index is -0.572. The molecule has 1 aromatic heterocycles. The molecule has 0 saturated heterocycles. The van der Waals surface area contributed by atoms with E-state index >= 15 is 0 Å². The second-order valence-electron chi connectivity index (χ2n) is 5.25. The maximum absolute atomic E-state index is 14.5. The summed E-state index contributed by atoms with van der Waals surface area (Å²) in [6, 6.07) is 15.3. The first kappa shape index (κ1) is 16.9. The van der Waals surface area contributed by atoms with E-state index in [4.69, 9.17) is 4.74 Å². The van der Waals surface area contributed by atoms with E-state index in [0.717, 1.165) is 0 Å². The van der Waals surface area contributed by atoms with Crippen LogP contribution >= 0.6 is 15.9 Å². The number of pyridine rings is 1. The van der Waals surface area contributed by atoms with Gasteiger partial charge in [-0.15, -0.1) is 0 Å². The smallest absolute Gasteiger partial charge is 0.266 e. The number of nitrogens with zero attached hydrogens (tertiary/aromatic N) is 1. The molecule has 2 aromatic carbocycles. The highest BCUT2D eigenvalue weighted by atomic mass is 79.9. The fourth-order valence-corrected chi connectivity index (χ4v) is 2.91. The van der Waals surface area contributed by atoms with E-state index in [9.17, 15) is 14.4 Å². The highest BCUT2D eigenvalue weighted by Gasteiger charge is 2.17. The van der Waals surface area contributed by atoms with Gasteiger partial charge in [0, 0.05) is 22.4 Å². The van der Waals surface area contributed by atoms with E-state index in [1.165, 1.54) is 6.07 Å². The Morgan fingerprint density at radius 1 is 1.16 bits per heavy atom. The molecule has 0 amide bonds. The van der Waals surface area contributed by atoms with Crippen LogP contribution in [-0.4, -0.2) is 12.1 Å². The van der Waals surface area contributed by atoms with Crippen LogP contribution in [0.3, 0.4) is 0 Å². The summed E-state index contributed by atoms with van der Waals surface area (Å²) in [7, 11) is 1.54. The SMILES string of the molecule is COc1cccc(-c2cc(-c3cccc(Br)c3F)c(C#N)c(=O)[nH]2)c1. The summed E-state index contributed by atoms with van der Waals surface area (Å²) in [6.07, 6.45) is 0. The summed E-state index contributed by atoms with van der Waals surface area (Å²) in [5, 5.41) is 9.34. The second kappa shape index (κ2) is 6.91. The summed E-state index contributed by atoms with van der Waals surface area (Å²) >= 11 is 3.13. The second-order valence-corrected chi connectivity index (χ2v) is 6.10. The number of methoxy groups -OCH3 is 1. The number of H-pyrrole nitrogens is 1. The maximum Gasteiger partial charge on any atom is 0.266 e. The van der Waals surface area contributed by atoms with Gasteiger partial charge in [-0.05, 0) is 40.2 Å². The van der Waals surface area contributed by atoms with Crippen molar-refractivity contribution < 1.29 is 9.13 Å². The molecular weight excluding hydrogens is 387 g/mol. The average Bonchev–Trinajstić information content (AvgIpc) is 2.63. The van der Waals surface area contributed by atoms with Gasteiger partial charge in [0.1, 0.15) is 23.2 Å². The van der Waals surface area contributed by atoms with Gasteiger partial charge in [0.2, 0.25) is 0 Å². The van der Waals surface area contributed by atoms with E-state index in [-0.39, 0.29) is 21.2 Å². The molecule has 3 rings (SSSR count). The number of hydrogen-bond acceptors (Lipinski definition) is 3. The number of nitrogens with one attached hydrogen (secondary N) is 1. The minimum Gasteiger partial charge on any atom is -0.497 e. The lowest BCUT2D eigenvalue weighted by molar-refractivity contribution is 0.415. The Morgan fingerprint density at radius 2 is 1.92 bits per heavy atom. The molecule has 0 fully saturated rings. The first-order valence-corrected chi connectivity index (χ1v) is 8.10. The van der Waals surface area contributed by atoms with Crippen molar-refractivity contribution in [3.8, 4) is 34.2 Å².